The highest BCUT2D eigenvalue weighted by Crippen LogP contribution is 2.61. The molecule has 2 saturated carbocycles. The van der Waals surface area contributed by atoms with E-state index in [-0.39, 0.29) is 0 Å². The summed E-state index contributed by atoms with van der Waals surface area (Å²) in [5.41, 5.74) is 1.68. The van der Waals surface area contributed by atoms with Crippen molar-refractivity contribution in [1.29, 1.82) is 0 Å². The maximum atomic E-state index is 3.49. The first-order chi connectivity index (χ1) is 6.33. The molecular weight excluding hydrogens is 158 g/mol. The molecule has 1 nitrogen and oxygen atoms in total. The monoisotopic (exact) mass is 179 g/mol. The van der Waals surface area contributed by atoms with Crippen LogP contribution in [0, 0.1) is 10.8 Å². The fraction of sp³-hybridized carbons (Fsp3) is 1.00. The first-order valence-electron chi connectivity index (χ1n) is 6.04. The summed E-state index contributed by atoms with van der Waals surface area (Å²) < 4.78 is 0. The third kappa shape index (κ3) is 1.41. The van der Waals surface area contributed by atoms with E-state index in [1.54, 1.807) is 38.5 Å². The van der Waals surface area contributed by atoms with Gasteiger partial charge in [0.15, 0.2) is 0 Å². The minimum atomic E-state index is 0.791. The summed E-state index contributed by atoms with van der Waals surface area (Å²) in [5, 5.41) is 3.49. The molecule has 3 fully saturated rings. The van der Waals surface area contributed by atoms with E-state index in [0.717, 1.165) is 10.8 Å². The highest BCUT2D eigenvalue weighted by molar-refractivity contribution is 5.01. The minimum Gasteiger partial charge on any atom is -0.317 e. The fourth-order valence-corrected chi connectivity index (χ4v) is 3.44. The Labute approximate surface area is 81.3 Å². The Hall–Kier alpha value is -0.0400. The molecule has 13 heavy (non-hydrogen) atoms. The summed E-state index contributed by atoms with van der Waals surface area (Å²) in [6, 6.07) is 0. The number of nitrogens with one attached hydrogen (secondary N) is 1. The zero-order chi connectivity index (χ0) is 8.78. The van der Waals surface area contributed by atoms with Gasteiger partial charge in [-0.3, -0.25) is 0 Å². The smallest absolute Gasteiger partial charge is 0.00436 e. The largest absolute Gasteiger partial charge is 0.317 e. The van der Waals surface area contributed by atoms with Gasteiger partial charge in [0.25, 0.3) is 0 Å². The molecule has 1 heteroatoms. The number of rotatable bonds is 0. The second-order valence-corrected chi connectivity index (χ2v) is 5.75. The first kappa shape index (κ1) is 8.28. The second-order valence-electron chi connectivity index (χ2n) is 5.75. The lowest BCUT2D eigenvalue weighted by atomic mass is 9.65. The van der Waals surface area contributed by atoms with Crippen LogP contribution in [0.1, 0.15) is 51.4 Å². The molecule has 2 aliphatic carbocycles. The van der Waals surface area contributed by atoms with Crippen molar-refractivity contribution >= 4 is 0 Å². The van der Waals surface area contributed by atoms with Crippen LogP contribution in [0.3, 0.4) is 0 Å². The predicted octanol–water partition coefficient (Wildman–Crippen LogP) is 2.71. The molecule has 74 valence electrons. The maximum absolute atomic E-state index is 3.49. The van der Waals surface area contributed by atoms with Gasteiger partial charge in [0.05, 0.1) is 0 Å². The Morgan fingerprint density at radius 2 is 0.923 bits per heavy atom. The zero-order valence-corrected chi connectivity index (χ0v) is 8.57. The van der Waals surface area contributed by atoms with Gasteiger partial charge in [0.1, 0.15) is 0 Å². The van der Waals surface area contributed by atoms with Crippen molar-refractivity contribution in [2.75, 3.05) is 13.1 Å². The Bertz CT molecular complexity index is 187. The van der Waals surface area contributed by atoms with Crippen LogP contribution in [0.15, 0.2) is 0 Å². The average molecular weight is 179 g/mol. The van der Waals surface area contributed by atoms with Gasteiger partial charge in [0, 0.05) is 0 Å². The fourth-order valence-electron chi connectivity index (χ4n) is 3.44. The van der Waals surface area contributed by atoms with Gasteiger partial charge in [0.2, 0.25) is 0 Å². The average Bonchev–Trinajstić information content (AvgIpc) is 2.94. The van der Waals surface area contributed by atoms with Crippen LogP contribution in [0.4, 0.5) is 0 Å². The predicted molar refractivity (Wildman–Crippen MR) is 54.7 cm³/mol. The summed E-state index contributed by atoms with van der Waals surface area (Å²) in [4.78, 5) is 0. The molecule has 3 rings (SSSR count). The summed E-state index contributed by atoms with van der Waals surface area (Å²) in [7, 11) is 0. The summed E-state index contributed by atoms with van der Waals surface area (Å²) >= 11 is 0. The molecule has 0 atom stereocenters. The van der Waals surface area contributed by atoms with Crippen molar-refractivity contribution in [2.45, 2.75) is 51.4 Å². The van der Waals surface area contributed by atoms with Crippen molar-refractivity contribution in [1.82, 2.24) is 5.32 Å². The molecule has 3 aliphatic rings. The molecule has 1 heterocycles. The maximum Gasteiger partial charge on any atom is -0.00436 e. The van der Waals surface area contributed by atoms with E-state index in [2.05, 4.69) is 5.32 Å². The zero-order valence-electron chi connectivity index (χ0n) is 8.57. The van der Waals surface area contributed by atoms with Crippen LogP contribution in [-0.4, -0.2) is 13.1 Å². The van der Waals surface area contributed by atoms with Crippen molar-refractivity contribution in [3.8, 4) is 0 Å². The lowest BCUT2D eigenvalue weighted by molar-refractivity contribution is 0.0970. The van der Waals surface area contributed by atoms with Gasteiger partial charge >= 0.3 is 0 Å². The van der Waals surface area contributed by atoms with Gasteiger partial charge in [-0.05, 0) is 75.3 Å². The Balaban J connectivity index is 1.65. The molecule has 1 N–H and O–H groups in total. The quantitative estimate of drug-likeness (QED) is 0.603. The Kier molecular flexibility index (Phi) is 1.74. The van der Waals surface area contributed by atoms with Crippen LogP contribution in [-0.2, 0) is 0 Å². The molecule has 1 saturated heterocycles. The van der Waals surface area contributed by atoms with E-state index in [1.165, 1.54) is 25.9 Å². The van der Waals surface area contributed by atoms with Crippen LogP contribution in [0.5, 0.6) is 0 Å². The van der Waals surface area contributed by atoms with E-state index in [9.17, 15) is 0 Å². The lowest BCUT2D eigenvalue weighted by Crippen LogP contribution is -2.39. The van der Waals surface area contributed by atoms with Crippen LogP contribution in [0.25, 0.3) is 0 Å². The first-order valence-corrected chi connectivity index (χ1v) is 6.04. The van der Waals surface area contributed by atoms with Gasteiger partial charge in [-0.25, -0.2) is 0 Å². The minimum absolute atomic E-state index is 0.791. The summed E-state index contributed by atoms with van der Waals surface area (Å²) in [6.07, 6.45) is 12.3. The van der Waals surface area contributed by atoms with Crippen LogP contribution < -0.4 is 5.32 Å². The van der Waals surface area contributed by atoms with Crippen molar-refractivity contribution in [3.05, 3.63) is 0 Å². The highest BCUT2D eigenvalue weighted by Gasteiger charge is 2.49. The van der Waals surface area contributed by atoms with E-state index < -0.39 is 0 Å². The third-order valence-corrected chi connectivity index (χ3v) is 4.99. The van der Waals surface area contributed by atoms with Gasteiger partial charge in [-0.15, -0.1) is 0 Å². The van der Waals surface area contributed by atoms with Crippen LogP contribution >= 0.6 is 0 Å². The van der Waals surface area contributed by atoms with Crippen LogP contribution in [0.2, 0.25) is 0 Å². The van der Waals surface area contributed by atoms with E-state index >= 15 is 0 Å². The molecule has 0 aromatic heterocycles. The molecule has 0 aromatic rings. The molecule has 0 unspecified atom stereocenters. The molecule has 2 spiro atoms. The third-order valence-electron chi connectivity index (χ3n) is 4.99. The van der Waals surface area contributed by atoms with Gasteiger partial charge < -0.3 is 5.32 Å². The molecular formula is C12H21N. The lowest BCUT2D eigenvalue weighted by Gasteiger charge is -2.43. The molecule has 0 radical (unpaired) electrons. The summed E-state index contributed by atoms with van der Waals surface area (Å²) in [6.45, 7) is 2.57. The number of hydrogen-bond acceptors (Lipinski definition) is 1. The van der Waals surface area contributed by atoms with Gasteiger partial charge in [-0.2, -0.15) is 0 Å². The summed E-state index contributed by atoms with van der Waals surface area (Å²) in [5.74, 6) is 0. The SMILES string of the molecule is C1CC2(CCN1)CCC1(CC2)CC1. The normalized spacial score (nSPS) is 35.1. The molecule has 1 aliphatic heterocycles. The molecule has 0 aromatic carbocycles. The molecule has 0 amide bonds. The van der Waals surface area contributed by atoms with E-state index in [1.807, 2.05) is 0 Å². The standard InChI is InChI=1S/C12H21N/c1-2-11(1)3-5-12(6-4-11)7-9-13-10-8-12/h13H,1-10H2. The van der Waals surface area contributed by atoms with E-state index in [4.69, 9.17) is 0 Å². The van der Waals surface area contributed by atoms with E-state index in [0.29, 0.717) is 0 Å². The second kappa shape index (κ2) is 2.73. The van der Waals surface area contributed by atoms with Crippen molar-refractivity contribution in [2.24, 2.45) is 10.8 Å². The Morgan fingerprint density at radius 1 is 0.538 bits per heavy atom. The highest BCUT2D eigenvalue weighted by atomic mass is 14.9. The Morgan fingerprint density at radius 3 is 1.38 bits per heavy atom. The molecule has 0 bridgehead atoms. The number of hydrogen-bond donors (Lipinski definition) is 1. The van der Waals surface area contributed by atoms with Crippen molar-refractivity contribution in [3.63, 3.8) is 0 Å². The topological polar surface area (TPSA) is 12.0 Å². The number of piperidine rings is 1. The van der Waals surface area contributed by atoms with Crippen molar-refractivity contribution < 1.29 is 0 Å². The van der Waals surface area contributed by atoms with Gasteiger partial charge in [-0.1, -0.05) is 0 Å².